The first-order chi connectivity index (χ1) is 6.06. The van der Waals surface area contributed by atoms with Crippen LogP contribution in [0.15, 0.2) is 0 Å². The lowest BCUT2D eigenvalue weighted by atomic mass is 9.88. The number of rotatable bonds is 3. The molecule has 1 rings (SSSR count). The maximum Gasteiger partial charge on any atom is 0.0303 e. The number of nitrogens with zero attached hydrogens (tertiary/aromatic N) is 1. The zero-order valence-corrected chi connectivity index (χ0v) is 8.84. The summed E-state index contributed by atoms with van der Waals surface area (Å²) in [7, 11) is 0. The van der Waals surface area contributed by atoms with E-state index in [9.17, 15) is 0 Å². The maximum absolute atomic E-state index is 6.09. The van der Waals surface area contributed by atoms with Crippen molar-refractivity contribution < 1.29 is 0 Å². The predicted octanol–water partition coefficient (Wildman–Crippen LogP) is 0.353. The van der Waals surface area contributed by atoms with Gasteiger partial charge in [-0.15, -0.1) is 0 Å². The van der Waals surface area contributed by atoms with Gasteiger partial charge in [-0.1, -0.05) is 13.8 Å². The third-order valence-corrected chi connectivity index (χ3v) is 2.80. The summed E-state index contributed by atoms with van der Waals surface area (Å²) in [6.07, 6.45) is 2.08. The lowest BCUT2D eigenvalue weighted by Gasteiger charge is -2.39. The molecular formula is C10H22N3. The summed E-state index contributed by atoms with van der Waals surface area (Å²) in [5, 5.41) is 0. The molecule has 1 aliphatic rings. The summed E-state index contributed by atoms with van der Waals surface area (Å²) < 4.78 is 0. The van der Waals surface area contributed by atoms with Crippen LogP contribution >= 0.6 is 0 Å². The molecule has 1 heterocycles. The van der Waals surface area contributed by atoms with Crippen LogP contribution in [-0.2, 0) is 0 Å². The molecule has 1 aliphatic heterocycles. The van der Waals surface area contributed by atoms with Crippen LogP contribution in [0.25, 0.3) is 0 Å². The monoisotopic (exact) mass is 184 g/mol. The third-order valence-electron chi connectivity index (χ3n) is 2.80. The van der Waals surface area contributed by atoms with E-state index < -0.39 is 0 Å². The minimum absolute atomic E-state index is 0.0852. The molecule has 0 saturated carbocycles. The molecule has 77 valence electrons. The lowest BCUT2D eigenvalue weighted by Crippen LogP contribution is -2.55. The van der Waals surface area contributed by atoms with Crippen LogP contribution < -0.4 is 11.5 Å². The van der Waals surface area contributed by atoms with Crippen molar-refractivity contribution in [2.45, 2.75) is 32.2 Å². The van der Waals surface area contributed by atoms with Gasteiger partial charge in [-0.3, -0.25) is 0 Å². The molecule has 0 aromatic rings. The summed E-state index contributed by atoms with van der Waals surface area (Å²) in [6.45, 7) is 8.27. The molecule has 0 aromatic carbocycles. The van der Waals surface area contributed by atoms with Crippen molar-refractivity contribution in [3.63, 3.8) is 0 Å². The molecule has 1 fully saturated rings. The van der Waals surface area contributed by atoms with E-state index in [4.69, 9.17) is 11.5 Å². The third kappa shape index (κ3) is 3.25. The number of piperidine rings is 1. The number of nitrogens with two attached hydrogens (primary N) is 2. The van der Waals surface area contributed by atoms with Gasteiger partial charge in [0.2, 0.25) is 0 Å². The van der Waals surface area contributed by atoms with Crippen molar-refractivity contribution >= 4 is 0 Å². The topological polar surface area (TPSA) is 55.3 Å². The van der Waals surface area contributed by atoms with Gasteiger partial charge < -0.3 is 16.4 Å². The second-order valence-electron chi connectivity index (χ2n) is 4.55. The van der Waals surface area contributed by atoms with Gasteiger partial charge in [0.15, 0.2) is 0 Å². The van der Waals surface area contributed by atoms with Crippen molar-refractivity contribution in [3.8, 4) is 0 Å². The van der Waals surface area contributed by atoms with Gasteiger partial charge in [0.05, 0.1) is 0 Å². The molecule has 0 amide bonds. The molecule has 3 heteroatoms. The Bertz CT molecular complexity index is 148. The van der Waals surface area contributed by atoms with Crippen molar-refractivity contribution in [1.82, 2.24) is 4.90 Å². The van der Waals surface area contributed by atoms with Crippen LogP contribution in [0.5, 0.6) is 0 Å². The second kappa shape index (κ2) is 4.40. The van der Waals surface area contributed by atoms with Gasteiger partial charge in [0.1, 0.15) is 0 Å². The number of hydrogen-bond acceptors (Lipinski definition) is 3. The Labute approximate surface area is 81.5 Å². The Morgan fingerprint density at radius 3 is 2.23 bits per heavy atom. The summed E-state index contributed by atoms with van der Waals surface area (Å²) in [6, 6.07) is 0. The van der Waals surface area contributed by atoms with Gasteiger partial charge in [0.25, 0.3) is 0 Å². The smallest absolute Gasteiger partial charge is 0.0303 e. The molecule has 4 N–H and O–H groups in total. The average molecular weight is 184 g/mol. The van der Waals surface area contributed by atoms with Crippen molar-refractivity contribution in [2.75, 3.05) is 26.2 Å². The highest BCUT2D eigenvalue weighted by Crippen LogP contribution is 2.19. The lowest BCUT2D eigenvalue weighted by molar-refractivity contribution is 0.171. The maximum atomic E-state index is 6.09. The van der Waals surface area contributed by atoms with Crippen LogP contribution in [0.4, 0.5) is 0 Å². The predicted molar refractivity (Wildman–Crippen MR) is 56.2 cm³/mol. The summed E-state index contributed by atoms with van der Waals surface area (Å²) in [4.78, 5) is 2.45. The average Bonchev–Trinajstić information content (AvgIpc) is 2.09. The Balaban J connectivity index is 2.30. The largest absolute Gasteiger partial charge is 0.329 e. The molecule has 0 spiro atoms. The molecule has 0 atom stereocenters. The zero-order valence-electron chi connectivity index (χ0n) is 8.84. The Morgan fingerprint density at radius 2 is 1.85 bits per heavy atom. The second-order valence-corrected chi connectivity index (χ2v) is 4.55. The Kier molecular flexibility index (Phi) is 3.71. The molecule has 0 aliphatic carbocycles. The minimum atomic E-state index is -0.0852. The van der Waals surface area contributed by atoms with E-state index in [1.165, 1.54) is 5.92 Å². The SMILES string of the molecule is C[C](C)CN1CCC(N)(CN)CC1. The molecule has 1 radical (unpaired) electrons. The molecule has 3 nitrogen and oxygen atoms in total. The van der Waals surface area contributed by atoms with Gasteiger partial charge in [-0.25, -0.2) is 0 Å². The van der Waals surface area contributed by atoms with Crippen molar-refractivity contribution in [3.05, 3.63) is 5.92 Å². The first-order valence-electron chi connectivity index (χ1n) is 5.06. The minimum Gasteiger partial charge on any atom is -0.329 e. The van der Waals surface area contributed by atoms with Crippen LogP contribution in [0.3, 0.4) is 0 Å². The fourth-order valence-electron chi connectivity index (χ4n) is 1.81. The van der Waals surface area contributed by atoms with Crippen LogP contribution in [-0.4, -0.2) is 36.6 Å². The Hall–Kier alpha value is -0.120. The highest BCUT2D eigenvalue weighted by atomic mass is 15.1. The van der Waals surface area contributed by atoms with Gasteiger partial charge in [-0.2, -0.15) is 0 Å². The first kappa shape index (κ1) is 11.0. The quantitative estimate of drug-likeness (QED) is 0.665. The van der Waals surface area contributed by atoms with Crippen LogP contribution in [0.2, 0.25) is 0 Å². The van der Waals surface area contributed by atoms with E-state index in [2.05, 4.69) is 18.7 Å². The van der Waals surface area contributed by atoms with Crippen molar-refractivity contribution in [2.24, 2.45) is 11.5 Å². The molecule has 0 aromatic heterocycles. The molecule has 1 saturated heterocycles. The van der Waals surface area contributed by atoms with Crippen LogP contribution in [0.1, 0.15) is 26.7 Å². The molecule has 0 unspecified atom stereocenters. The van der Waals surface area contributed by atoms with E-state index in [0.29, 0.717) is 6.54 Å². The Morgan fingerprint density at radius 1 is 1.31 bits per heavy atom. The van der Waals surface area contributed by atoms with E-state index >= 15 is 0 Å². The fraction of sp³-hybridized carbons (Fsp3) is 0.900. The van der Waals surface area contributed by atoms with E-state index in [1.54, 1.807) is 0 Å². The van der Waals surface area contributed by atoms with Crippen molar-refractivity contribution in [1.29, 1.82) is 0 Å². The number of likely N-dealkylation sites (tertiary alicyclic amines) is 1. The summed E-state index contributed by atoms with van der Waals surface area (Å²) in [5.41, 5.74) is 11.6. The normalized spacial score (nSPS) is 23.8. The fourth-order valence-corrected chi connectivity index (χ4v) is 1.81. The molecular weight excluding hydrogens is 162 g/mol. The van der Waals surface area contributed by atoms with E-state index in [-0.39, 0.29) is 5.54 Å². The summed E-state index contributed by atoms with van der Waals surface area (Å²) >= 11 is 0. The summed E-state index contributed by atoms with van der Waals surface area (Å²) in [5.74, 6) is 1.47. The van der Waals surface area contributed by atoms with E-state index in [1.807, 2.05) is 0 Å². The van der Waals surface area contributed by atoms with Gasteiger partial charge in [-0.05, 0) is 31.8 Å². The van der Waals surface area contributed by atoms with E-state index in [0.717, 1.165) is 32.5 Å². The first-order valence-corrected chi connectivity index (χ1v) is 5.06. The highest BCUT2D eigenvalue weighted by molar-refractivity contribution is 4.93. The number of hydrogen-bond donors (Lipinski definition) is 2. The zero-order chi connectivity index (χ0) is 9.90. The van der Waals surface area contributed by atoms with Crippen LogP contribution in [0, 0.1) is 5.92 Å². The van der Waals surface area contributed by atoms with Gasteiger partial charge >= 0.3 is 0 Å². The standard InChI is InChI=1S/C10H22N3/c1-9(2)7-13-5-3-10(12,8-11)4-6-13/h3-8,11-12H2,1-2H3. The molecule has 13 heavy (non-hydrogen) atoms. The highest BCUT2D eigenvalue weighted by Gasteiger charge is 2.29. The molecule has 0 bridgehead atoms. The van der Waals surface area contributed by atoms with Gasteiger partial charge in [0, 0.05) is 18.6 Å².